The van der Waals surface area contributed by atoms with Crippen LogP contribution in [0.15, 0.2) is 30.5 Å². The molecular weight excluding hydrogens is 344 g/mol. The Morgan fingerprint density at radius 2 is 2.04 bits per heavy atom. The minimum atomic E-state index is -0.826. The summed E-state index contributed by atoms with van der Waals surface area (Å²) < 4.78 is 6.10. The molecule has 0 bridgehead atoms. The molecule has 7 nitrogen and oxygen atoms in total. The van der Waals surface area contributed by atoms with Crippen LogP contribution in [-0.2, 0) is 4.79 Å². The molecule has 2 unspecified atom stereocenters. The number of ether oxygens (including phenoxy) is 1. The van der Waals surface area contributed by atoms with Gasteiger partial charge in [-0.1, -0.05) is 12.1 Å². The molecule has 27 heavy (non-hydrogen) atoms. The van der Waals surface area contributed by atoms with Crippen molar-refractivity contribution >= 4 is 17.7 Å². The van der Waals surface area contributed by atoms with Crippen molar-refractivity contribution in [2.75, 3.05) is 37.0 Å². The largest absolute Gasteiger partial charge is 0.489 e. The summed E-state index contributed by atoms with van der Waals surface area (Å²) in [5, 5.41) is 9.10. The lowest BCUT2D eigenvalue weighted by Gasteiger charge is -2.21. The number of rotatable bonds is 6. The highest BCUT2D eigenvalue weighted by atomic mass is 16.5. The van der Waals surface area contributed by atoms with Crippen molar-refractivity contribution in [3.05, 3.63) is 41.6 Å². The van der Waals surface area contributed by atoms with Crippen LogP contribution >= 0.6 is 0 Å². The highest BCUT2D eigenvalue weighted by Gasteiger charge is 2.26. The Morgan fingerprint density at radius 1 is 1.33 bits per heavy atom. The van der Waals surface area contributed by atoms with E-state index in [1.165, 1.54) is 0 Å². The van der Waals surface area contributed by atoms with Crippen LogP contribution < -0.4 is 14.5 Å². The molecule has 1 saturated heterocycles. The smallest absolute Gasteiger partial charge is 0.310 e. The number of anilines is 2. The van der Waals surface area contributed by atoms with E-state index in [-0.39, 0.29) is 6.10 Å². The Morgan fingerprint density at radius 3 is 2.67 bits per heavy atom. The van der Waals surface area contributed by atoms with Gasteiger partial charge in [0.1, 0.15) is 17.7 Å². The molecular formula is C20H26N4O3. The number of benzene rings is 1. The minimum absolute atomic E-state index is 0.0740. The molecule has 1 aliphatic rings. The summed E-state index contributed by atoms with van der Waals surface area (Å²) in [6.45, 7) is 5.34. The number of nitrogens with zero attached hydrogens (tertiary/aromatic N) is 4. The van der Waals surface area contributed by atoms with Crippen molar-refractivity contribution in [3.8, 4) is 5.75 Å². The third-order valence-corrected chi connectivity index (χ3v) is 4.83. The average molecular weight is 370 g/mol. The van der Waals surface area contributed by atoms with Gasteiger partial charge in [0.15, 0.2) is 0 Å². The lowest BCUT2D eigenvalue weighted by Crippen LogP contribution is -2.26. The van der Waals surface area contributed by atoms with Crippen molar-refractivity contribution in [2.24, 2.45) is 0 Å². The van der Waals surface area contributed by atoms with Gasteiger partial charge >= 0.3 is 5.97 Å². The quantitative estimate of drug-likeness (QED) is 0.837. The predicted octanol–water partition coefficient (Wildman–Crippen LogP) is 2.70. The third kappa shape index (κ3) is 4.30. The monoisotopic (exact) mass is 370 g/mol. The first-order valence-corrected chi connectivity index (χ1v) is 9.10. The highest BCUT2D eigenvalue weighted by Crippen LogP contribution is 2.26. The molecule has 7 heteroatoms. The van der Waals surface area contributed by atoms with Crippen molar-refractivity contribution in [3.63, 3.8) is 0 Å². The topological polar surface area (TPSA) is 78.8 Å². The van der Waals surface area contributed by atoms with E-state index in [0.717, 1.165) is 42.2 Å². The lowest BCUT2D eigenvalue weighted by molar-refractivity contribution is -0.138. The Bertz CT molecular complexity index is 807. The van der Waals surface area contributed by atoms with E-state index in [4.69, 9.17) is 9.84 Å². The molecule has 0 saturated carbocycles. The number of aliphatic carboxylic acids is 1. The number of aromatic nitrogens is 2. The summed E-state index contributed by atoms with van der Waals surface area (Å²) >= 11 is 0. The first-order chi connectivity index (χ1) is 12.8. The first-order valence-electron chi connectivity index (χ1n) is 9.10. The predicted molar refractivity (Wildman–Crippen MR) is 105 cm³/mol. The molecule has 144 valence electrons. The van der Waals surface area contributed by atoms with Crippen LogP contribution in [0.2, 0.25) is 0 Å². The van der Waals surface area contributed by atoms with E-state index in [1.807, 2.05) is 56.4 Å². The van der Waals surface area contributed by atoms with Crippen molar-refractivity contribution in [1.82, 2.24) is 9.97 Å². The van der Waals surface area contributed by atoms with Crippen LogP contribution in [0.25, 0.3) is 0 Å². The molecule has 3 rings (SSSR count). The highest BCUT2D eigenvalue weighted by molar-refractivity contribution is 5.75. The standard InChI is InChI=1S/C20H26N4O3/c1-13-11-21-20(23(3)4)22-18(13)24-10-9-17(12-24)27-16-7-5-15(6-8-16)14(2)19(25)26/h5-8,11,14,17H,9-10,12H2,1-4H3,(H,25,26). The van der Waals surface area contributed by atoms with E-state index in [9.17, 15) is 4.79 Å². The molecule has 2 aromatic rings. The molecule has 1 N–H and O–H groups in total. The normalized spacial score (nSPS) is 17.6. The maximum absolute atomic E-state index is 11.1. The zero-order valence-electron chi connectivity index (χ0n) is 16.2. The van der Waals surface area contributed by atoms with Gasteiger partial charge in [-0.2, -0.15) is 4.98 Å². The molecule has 0 amide bonds. The van der Waals surface area contributed by atoms with Crippen molar-refractivity contribution < 1.29 is 14.6 Å². The van der Waals surface area contributed by atoms with E-state index >= 15 is 0 Å². The maximum atomic E-state index is 11.1. The van der Waals surface area contributed by atoms with Gasteiger partial charge in [-0.15, -0.1) is 0 Å². The zero-order valence-corrected chi connectivity index (χ0v) is 16.2. The van der Waals surface area contributed by atoms with Crippen LogP contribution in [-0.4, -0.2) is 54.3 Å². The Kier molecular flexibility index (Phi) is 5.48. The van der Waals surface area contributed by atoms with Gasteiger partial charge in [-0.25, -0.2) is 4.98 Å². The van der Waals surface area contributed by atoms with Crippen molar-refractivity contribution in [2.45, 2.75) is 32.3 Å². The van der Waals surface area contributed by atoms with Crippen LogP contribution in [0, 0.1) is 6.92 Å². The van der Waals surface area contributed by atoms with E-state index in [1.54, 1.807) is 6.92 Å². The minimum Gasteiger partial charge on any atom is -0.489 e. The second kappa shape index (κ2) is 7.82. The van der Waals surface area contributed by atoms with Gasteiger partial charge in [0, 0.05) is 38.8 Å². The van der Waals surface area contributed by atoms with Crippen LogP contribution in [0.1, 0.15) is 30.4 Å². The molecule has 0 aliphatic carbocycles. The summed E-state index contributed by atoms with van der Waals surface area (Å²) in [5.74, 6) is 1.06. The van der Waals surface area contributed by atoms with Crippen LogP contribution in [0.3, 0.4) is 0 Å². The molecule has 2 heterocycles. The molecule has 1 aromatic carbocycles. The van der Waals surface area contributed by atoms with E-state index in [2.05, 4.69) is 14.9 Å². The number of carbonyl (C=O) groups is 1. The SMILES string of the molecule is Cc1cnc(N(C)C)nc1N1CCC(Oc2ccc(C(C)C(=O)O)cc2)C1. The molecule has 1 aliphatic heterocycles. The fourth-order valence-electron chi connectivity index (χ4n) is 3.15. The summed E-state index contributed by atoms with van der Waals surface area (Å²) in [6.07, 6.45) is 2.84. The summed E-state index contributed by atoms with van der Waals surface area (Å²) in [6, 6.07) is 7.33. The fraction of sp³-hybridized carbons (Fsp3) is 0.450. The van der Waals surface area contributed by atoms with Gasteiger partial charge in [0.2, 0.25) is 5.95 Å². The second-order valence-electron chi connectivity index (χ2n) is 7.17. The molecule has 2 atom stereocenters. The third-order valence-electron chi connectivity index (χ3n) is 4.83. The maximum Gasteiger partial charge on any atom is 0.310 e. The number of hydrogen-bond acceptors (Lipinski definition) is 6. The van der Waals surface area contributed by atoms with Gasteiger partial charge < -0.3 is 19.6 Å². The zero-order chi connectivity index (χ0) is 19.6. The van der Waals surface area contributed by atoms with Crippen LogP contribution in [0.5, 0.6) is 5.75 Å². The van der Waals surface area contributed by atoms with E-state index < -0.39 is 11.9 Å². The Labute approximate surface area is 159 Å². The van der Waals surface area contributed by atoms with Gasteiger partial charge in [-0.3, -0.25) is 4.79 Å². The molecule has 1 aromatic heterocycles. The number of carboxylic acids is 1. The number of aryl methyl sites for hydroxylation is 1. The van der Waals surface area contributed by atoms with Crippen molar-refractivity contribution in [1.29, 1.82) is 0 Å². The lowest BCUT2D eigenvalue weighted by atomic mass is 10.0. The fourth-order valence-corrected chi connectivity index (χ4v) is 3.15. The Hall–Kier alpha value is -2.83. The Balaban J connectivity index is 1.65. The van der Waals surface area contributed by atoms with E-state index in [0.29, 0.717) is 5.95 Å². The number of carboxylic acid groups (broad SMARTS) is 1. The van der Waals surface area contributed by atoms with Gasteiger partial charge in [-0.05, 0) is 31.5 Å². The molecule has 0 radical (unpaired) electrons. The number of hydrogen-bond donors (Lipinski definition) is 1. The van der Waals surface area contributed by atoms with Crippen LogP contribution in [0.4, 0.5) is 11.8 Å². The summed E-state index contributed by atoms with van der Waals surface area (Å²) in [7, 11) is 3.86. The van der Waals surface area contributed by atoms with Gasteiger partial charge in [0.05, 0.1) is 12.5 Å². The first kappa shape index (κ1) is 18.9. The summed E-state index contributed by atoms with van der Waals surface area (Å²) in [5.41, 5.74) is 1.82. The van der Waals surface area contributed by atoms with Gasteiger partial charge in [0.25, 0.3) is 0 Å². The molecule has 0 spiro atoms. The second-order valence-corrected chi connectivity index (χ2v) is 7.17. The summed E-state index contributed by atoms with van der Waals surface area (Å²) in [4.78, 5) is 24.2. The molecule has 1 fully saturated rings. The average Bonchev–Trinajstić information content (AvgIpc) is 3.10.